The highest BCUT2D eigenvalue weighted by Crippen LogP contribution is 2.08. The smallest absolute Gasteiger partial charge is 0.153 e. The molecule has 1 heteroatoms. The number of unbranched alkanes of at least 4 members (excludes halogenated alkanes) is 7. The second-order valence-electron chi connectivity index (χ2n) is 4.26. The molecule has 0 radical (unpaired) electrons. The summed E-state index contributed by atoms with van der Waals surface area (Å²) >= 11 is 0. The Morgan fingerprint density at radius 2 is 1.62 bits per heavy atom. The molecule has 0 aliphatic rings. The third-order valence-corrected chi connectivity index (χ3v) is 2.76. The van der Waals surface area contributed by atoms with Gasteiger partial charge >= 0.3 is 0 Å². The van der Waals surface area contributed by atoms with Gasteiger partial charge in [-0.1, -0.05) is 52.4 Å². The molecular formula is C15H26O. The van der Waals surface area contributed by atoms with Crippen molar-refractivity contribution in [2.45, 2.75) is 71.6 Å². The summed E-state index contributed by atoms with van der Waals surface area (Å²) in [4.78, 5) is 10.5. The Balaban J connectivity index is 3.39. The lowest BCUT2D eigenvalue weighted by Gasteiger charge is -1.98. The summed E-state index contributed by atoms with van der Waals surface area (Å²) in [6, 6.07) is 0. The van der Waals surface area contributed by atoms with Crippen molar-refractivity contribution in [1.29, 1.82) is 0 Å². The average molecular weight is 222 g/mol. The molecule has 0 aromatic carbocycles. The van der Waals surface area contributed by atoms with Gasteiger partial charge in [-0.15, -0.1) is 5.73 Å². The maximum atomic E-state index is 10.5. The van der Waals surface area contributed by atoms with E-state index in [1.165, 1.54) is 44.9 Å². The van der Waals surface area contributed by atoms with Crippen LogP contribution in [0.3, 0.4) is 0 Å². The second kappa shape index (κ2) is 12.3. The van der Waals surface area contributed by atoms with Gasteiger partial charge in [0.2, 0.25) is 0 Å². The number of carbonyl (C=O) groups excluding carboxylic acids is 1. The fraction of sp³-hybridized carbons (Fsp3) is 0.733. The van der Waals surface area contributed by atoms with Crippen LogP contribution in [0.25, 0.3) is 0 Å². The minimum absolute atomic E-state index is 0.781. The van der Waals surface area contributed by atoms with E-state index in [9.17, 15) is 4.79 Å². The molecule has 16 heavy (non-hydrogen) atoms. The molecule has 0 N–H and O–H groups in total. The summed E-state index contributed by atoms with van der Waals surface area (Å²) in [5.74, 6) is 0. The molecule has 0 aromatic rings. The van der Waals surface area contributed by atoms with Gasteiger partial charge in [0.25, 0.3) is 0 Å². The lowest BCUT2D eigenvalue weighted by Crippen LogP contribution is -1.79. The first-order valence-electron chi connectivity index (χ1n) is 6.74. The first-order chi connectivity index (χ1) is 7.85. The van der Waals surface area contributed by atoms with Crippen LogP contribution in [0.15, 0.2) is 17.4 Å². The standard InChI is InChI=1S/C15H26O/c1-3-5-6-7-8-9-10-11-12-13-15(4-2)14-16/h12,14H,3-11H2,1-2H3. The van der Waals surface area contributed by atoms with Crippen molar-refractivity contribution in [1.82, 2.24) is 0 Å². The third kappa shape index (κ3) is 9.73. The highest BCUT2D eigenvalue weighted by atomic mass is 16.1. The minimum atomic E-state index is 0.781. The largest absolute Gasteiger partial charge is 0.298 e. The molecule has 0 saturated heterocycles. The Morgan fingerprint density at radius 3 is 2.19 bits per heavy atom. The zero-order chi connectivity index (χ0) is 12.1. The van der Waals surface area contributed by atoms with Crippen molar-refractivity contribution in [3.63, 3.8) is 0 Å². The molecular weight excluding hydrogens is 196 g/mol. The Labute approximate surface area is 101 Å². The normalized spacial score (nSPS) is 9.62. The van der Waals surface area contributed by atoms with Gasteiger partial charge in [0.15, 0.2) is 6.29 Å². The van der Waals surface area contributed by atoms with Crippen LogP contribution in [0.2, 0.25) is 0 Å². The third-order valence-electron chi connectivity index (χ3n) is 2.76. The van der Waals surface area contributed by atoms with Crippen LogP contribution in [-0.4, -0.2) is 6.29 Å². The van der Waals surface area contributed by atoms with Gasteiger partial charge in [-0.3, -0.25) is 4.79 Å². The number of rotatable bonds is 10. The monoisotopic (exact) mass is 222 g/mol. The van der Waals surface area contributed by atoms with Gasteiger partial charge in [0, 0.05) is 5.57 Å². The summed E-state index contributed by atoms with van der Waals surface area (Å²) in [7, 11) is 0. The lowest BCUT2D eigenvalue weighted by atomic mass is 10.1. The van der Waals surface area contributed by atoms with E-state index in [0.29, 0.717) is 0 Å². The molecule has 0 saturated carbocycles. The van der Waals surface area contributed by atoms with Gasteiger partial charge < -0.3 is 0 Å². The van der Waals surface area contributed by atoms with Crippen LogP contribution in [0.4, 0.5) is 0 Å². The van der Waals surface area contributed by atoms with Crippen LogP contribution >= 0.6 is 0 Å². The second-order valence-corrected chi connectivity index (χ2v) is 4.26. The molecule has 0 fully saturated rings. The molecule has 0 amide bonds. The number of carbonyl (C=O) groups is 1. The molecule has 92 valence electrons. The van der Waals surface area contributed by atoms with Crippen LogP contribution in [0.5, 0.6) is 0 Å². The fourth-order valence-electron chi connectivity index (χ4n) is 1.63. The van der Waals surface area contributed by atoms with Crippen molar-refractivity contribution in [3.05, 3.63) is 17.4 Å². The number of hydrogen-bond donors (Lipinski definition) is 0. The molecule has 0 heterocycles. The number of aldehydes is 1. The number of hydrogen-bond acceptors (Lipinski definition) is 1. The molecule has 0 unspecified atom stereocenters. The lowest BCUT2D eigenvalue weighted by molar-refractivity contribution is -0.105. The Morgan fingerprint density at radius 1 is 1.00 bits per heavy atom. The molecule has 0 spiro atoms. The van der Waals surface area contributed by atoms with Crippen molar-refractivity contribution in [2.24, 2.45) is 0 Å². The molecule has 0 atom stereocenters. The number of allylic oxidation sites excluding steroid dienone is 1. The SMILES string of the molecule is CCCCCCCCCC=C=C(C=O)CC. The summed E-state index contributed by atoms with van der Waals surface area (Å²) in [5.41, 5.74) is 3.83. The molecule has 0 aliphatic heterocycles. The molecule has 0 bridgehead atoms. The van der Waals surface area contributed by atoms with Crippen LogP contribution in [0.1, 0.15) is 71.6 Å². The quantitative estimate of drug-likeness (QED) is 0.224. The maximum absolute atomic E-state index is 10.5. The van der Waals surface area contributed by atoms with Gasteiger partial charge in [-0.05, 0) is 25.3 Å². The zero-order valence-electron chi connectivity index (χ0n) is 10.9. The van der Waals surface area contributed by atoms with Gasteiger partial charge in [0.05, 0.1) is 0 Å². The van der Waals surface area contributed by atoms with Gasteiger partial charge in [-0.2, -0.15) is 0 Å². The maximum Gasteiger partial charge on any atom is 0.153 e. The first-order valence-corrected chi connectivity index (χ1v) is 6.74. The minimum Gasteiger partial charge on any atom is -0.298 e. The van der Waals surface area contributed by atoms with Gasteiger partial charge in [0.1, 0.15) is 0 Å². The summed E-state index contributed by atoms with van der Waals surface area (Å²) in [6.45, 7) is 4.23. The molecule has 1 nitrogen and oxygen atoms in total. The highest BCUT2D eigenvalue weighted by molar-refractivity contribution is 5.72. The predicted octanol–water partition coefficient (Wildman–Crippen LogP) is 4.82. The summed E-state index contributed by atoms with van der Waals surface area (Å²) < 4.78 is 0. The molecule has 0 rings (SSSR count). The summed E-state index contributed by atoms with van der Waals surface area (Å²) in [5, 5.41) is 0. The average Bonchev–Trinajstić information content (AvgIpc) is 2.32. The van der Waals surface area contributed by atoms with E-state index < -0.39 is 0 Å². The van der Waals surface area contributed by atoms with Crippen LogP contribution < -0.4 is 0 Å². The molecule has 0 aromatic heterocycles. The summed E-state index contributed by atoms with van der Waals surface area (Å²) in [6.07, 6.45) is 14.1. The van der Waals surface area contributed by atoms with E-state index in [-0.39, 0.29) is 0 Å². The van der Waals surface area contributed by atoms with Gasteiger partial charge in [-0.25, -0.2) is 0 Å². The van der Waals surface area contributed by atoms with E-state index in [1.54, 1.807) is 0 Å². The van der Waals surface area contributed by atoms with Crippen molar-refractivity contribution in [2.75, 3.05) is 0 Å². The Bertz CT molecular complexity index is 222. The topological polar surface area (TPSA) is 17.1 Å². The van der Waals surface area contributed by atoms with E-state index in [4.69, 9.17) is 0 Å². The first kappa shape index (κ1) is 15.2. The Hall–Kier alpha value is -0.810. The van der Waals surface area contributed by atoms with E-state index >= 15 is 0 Å². The molecule has 0 aliphatic carbocycles. The highest BCUT2D eigenvalue weighted by Gasteiger charge is 1.89. The van der Waals surface area contributed by atoms with E-state index in [2.05, 4.69) is 12.7 Å². The van der Waals surface area contributed by atoms with Crippen molar-refractivity contribution < 1.29 is 4.79 Å². The Kier molecular flexibility index (Phi) is 11.6. The van der Waals surface area contributed by atoms with Crippen molar-refractivity contribution >= 4 is 6.29 Å². The zero-order valence-corrected chi connectivity index (χ0v) is 10.9. The predicted molar refractivity (Wildman–Crippen MR) is 70.6 cm³/mol. The van der Waals surface area contributed by atoms with Crippen LogP contribution in [-0.2, 0) is 4.79 Å². The van der Waals surface area contributed by atoms with Crippen LogP contribution in [0, 0.1) is 0 Å². The van der Waals surface area contributed by atoms with E-state index in [0.717, 1.165) is 24.7 Å². The fourth-order valence-corrected chi connectivity index (χ4v) is 1.63. The van der Waals surface area contributed by atoms with E-state index in [1.807, 2.05) is 13.0 Å². The van der Waals surface area contributed by atoms with Crippen molar-refractivity contribution in [3.8, 4) is 0 Å².